The molecule has 2 aromatic heterocycles. The number of pyridine rings is 1. The molecular weight excluding hydrogens is 288 g/mol. The number of nitrogens with zero attached hydrogens (tertiary/aromatic N) is 3. The fraction of sp³-hybridized carbons (Fsp3) is 0.200. The Hall–Kier alpha value is -1.14. The number of hydrogen-bond acceptors (Lipinski definition) is 5. The van der Waals surface area contributed by atoms with Gasteiger partial charge in [-0.15, -0.1) is 11.3 Å². The van der Waals surface area contributed by atoms with E-state index in [4.69, 9.17) is 5.73 Å². The Morgan fingerprint density at radius 2 is 2.31 bits per heavy atom. The Kier molecular flexibility index (Phi) is 3.40. The van der Waals surface area contributed by atoms with E-state index in [0.717, 1.165) is 22.4 Å². The normalized spacial score (nSPS) is 10.4. The molecule has 4 nitrogen and oxygen atoms in total. The fourth-order valence-electron chi connectivity index (χ4n) is 1.48. The maximum Gasteiger partial charge on any atom is 0.0795 e. The number of halogens is 1. The molecule has 0 atom stereocenters. The summed E-state index contributed by atoms with van der Waals surface area (Å²) in [4.78, 5) is 10.3. The lowest BCUT2D eigenvalue weighted by Crippen LogP contribution is -2.18. The zero-order valence-corrected chi connectivity index (χ0v) is 11.1. The zero-order valence-electron chi connectivity index (χ0n) is 8.72. The Morgan fingerprint density at radius 3 is 2.94 bits per heavy atom. The predicted molar refractivity (Wildman–Crippen MR) is 70.6 cm³/mol. The summed E-state index contributed by atoms with van der Waals surface area (Å²) in [5.74, 6) is 0. The summed E-state index contributed by atoms with van der Waals surface area (Å²) in [6.07, 6.45) is 3.39. The summed E-state index contributed by atoms with van der Waals surface area (Å²) in [6, 6.07) is 0. The lowest BCUT2D eigenvalue weighted by molar-refractivity contribution is 0.892. The fourth-order valence-corrected chi connectivity index (χ4v) is 2.68. The van der Waals surface area contributed by atoms with E-state index in [1.165, 1.54) is 0 Å². The van der Waals surface area contributed by atoms with Crippen LogP contribution < -0.4 is 10.6 Å². The second kappa shape index (κ2) is 4.80. The van der Waals surface area contributed by atoms with Gasteiger partial charge in [-0.2, -0.15) is 0 Å². The first-order valence-electron chi connectivity index (χ1n) is 4.65. The molecule has 2 heterocycles. The Bertz CT molecular complexity index is 451. The summed E-state index contributed by atoms with van der Waals surface area (Å²) in [7, 11) is 1.98. The molecular formula is C10H11BrN4S. The average Bonchev–Trinajstić information content (AvgIpc) is 2.70. The maximum absolute atomic E-state index is 5.90. The van der Waals surface area contributed by atoms with E-state index < -0.39 is 0 Å². The molecule has 16 heavy (non-hydrogen) atoms. The van der Waals surface area contributed by atoms with Crippen LogP contribution in [0.5, 0.6) is 0 Å². The van der Waals surface area contributed by atoms with Crippen LogP contribution in [0, 0.1) is 0 Å². The van der Waals surface area contributed by atoms with Crippen LogP contribution in [0.3, 0.4) is 0 Å². The second-order valence-corrected chi connectivity index (χ2v) is 4.97. The van der Waals surface area contributed by atoms with Gasteiger partial charge in [0.25, 0.3) is 0 Å². The molecule has 0 fully saturated rings. The number of rotatable bonds is 3. The number of hydrogen-bond donors (Lipinski definition) is 1. The van der Waals surface area contributed by atoms with Crippen molar-refractivity contribution < 1.29 is 0 Å². The standard InChI is InChI=1S/C10H11BrN4S/c1-15(4-7-5-16-6-14-7)10-8(11)2-13-3-9(10)12/h2-3,5-6H,4,12H2,1H3. The lowest BCUT2D eigenvalue weighted by atomic mass is 10.3. The van der Waals surface area contributed by atoms with E-state index >= 15 is 0 Å². The highest BCUT2D eigenvalue weighted by Crippen LogP contribution is 2.31. The molecule has 0 bridgehead atoms. The van der Waals surface area contributed by atoms with Crippen LogP contribution in [-0.2, 0) is 6.54 Å². The Labute approximate surface area is 106 Å². The van der Waals surface area contributed by atoms with Gasteiger partial charge in [-0.1, -0.05) is 0 Å². The molecule has 0 aliphatic rings. The molecule has 0 aliphatic heterocycles. The van der Waals surface area contributed by atoms with E-state index in [1.54, 1.807) is 23.7 Å². The van der Waals surface area contributed by atoms with Crippen LogP contribution in [0.2, 0.25) is 0 Å². The molecule has 0 radical (unpaired) electrons. The maximum atomic E-state index is 5.90. The van der Waals surface area contributed by atoms with Crippen molar-refractivity contribution >= 4 is 38.6 Å². The molecule has 2 rings (SSSR count). The van der Waals surface area contributed by atoms with Gasteiger partial charge in [-0.25, -0.2) is 4.98 Å². The lowest BCUT2D eigenvalue weighted by Gasteiger charge is -2.21. The molecule has 0 aliphatic carbocycles. The Morgan fingerprint density at radius 1 is 1.50 bits per heavy atom. The molecule has 2 N–H and O–H groups in total. The van der Waals surface area contributed by atoms with Crippen LogP contribution in [-0.4, -0.2) is 17.0 Å². The molecule has 84 valence electrons. The molecule has 6 heteroatoms. The minimum Gasteiger partial charge on any atom is -0.396 e. The van der Waals surface area contributed by atoms with Crippen molar-refractivity contribution in [2.75, 3.05) is 17.7 Å². The van der Waals surface area contributed by atoms with Gasteiger partial charge in [-0.3, -0.25) is 4.98 Å². The van der Waals surface area contributed by atoms with E-state index in [-0.39, 0.29) is 0 Å². The van der Waals surface area contributed by atoms with Crippen LogP contribution in [0.4, 0.5) is 11.4 Å². The summed E-state index contributed by atoms with van der Waals surface area (Å²) in [5.41, 5.74) is 10.4. The highest BCUT2D eigenvalue weighted by Gasteiger charge is 2.11. The monoisotopic (exact) mass is 298 g/mol. The second-order valence-electron chi connectivity index (χ2n) is 3.39. The average molecular weight is 299 g/mol. The first-order chi connectivity index (χ1) is 7.68. The van der Waals surface area contributed by atoms with Crippen LogP contribution in [0.1, 0.15) is 5.69 Å². The van der Waals surface area contributed by atoms with E-state index in [9.17, 15) is 0 Å². The number of thiazole rings is 1. The van der Waals surface area contributed by atoms with Gasteiger partial charge < -0.3 is 10.6 Å². The number of aromatic nitrogens is 2. The highest BCUT2D eigenvalue weighted by atomic mass is 79.9. The van der Waals surface area contributed by atoms with E-state index in [1.807, 2.05) is 17.9 Å². The molecule has 0 spiro atoms. The van der Waals surface area contributed by atoms with Gasteiger partial charge in [0.2, 0.25) is 0 Å². The Balaban J connectivity index is 2.24. The van der Waals surface area contributed by atoms with Crippen molar-refractivity contribution in [1.29, 1.82) is 0 Å². The number of anilines is 2. The van der Waals surface area contributed by atoms with Crippen molar-refractivity contribution in [3.05, 3.63) is 33.5 Å². The predicted octanol–water partition coefficient (Wildman–Crippen LogP) is 2.52. The van der Waals surface area contributed by atoms with Gasteiger partial charge in [-0.05, 0) is 15.9 Å². The summed E-state index contributed by atoms with van der Waals surface area (Å²) >= 11 is 5.04. The van der Waals surface area contributed by atoms with Crippen LogP contribution >= 0.6 is 27.3 Å². The van der Waals surface area contributed by atoms with E-state index in [2.05, 4.69) is 30.8 Å². The summed E-state index contributed by atoms with van der Waals surface area (Å²) in [6.45, 7) is 0.732. The van der Waals surface area contributed by atoms with Crippen LogP contribution in [0.15, 0.2) is 27.8 Å². The highest BCUT2D eigenvalue weighted by molar-refractivity contribution is 9.10. The quantitative estimate of drug-likeness (QED) is 0.946. The minimum absolute atomic E-state index is 0.659. The van der Waals surface area contributed by atoms with E-state index in [0.29, 0.717) is 5.69 Å². The first-order valence-corrected chi connectivity index (χ1v) is 6.39. The SMILES string of the molecule is CN(Cc1cscn1)c1c(N)cncc1Br. The van der Waals surface area contributed by atoms with Gasteiger partial charge in [0, 0.05) is 18.6 Å². The van der Waals surface area contributed by atoms with Gasteiger partial charge in [0.1, 0.15) is 0 Å². The van der Waals surface area contributed by atoms with Gasteiger partial charge in [0.15, 0.2) is 0 Å². The number of nitrogen functional groups attached to an aromatic ring is 1. The van der Waals surface area contributed by atoms with Crippen LogP contribution in [0.25, 0.3) is 0 Å². The zero-order chi connectivity index (χ0) is 11.5. The van der Waals surface area contributed by atoms with Gasteiger partial charge >= 0.3 is 0 Å². The smallest absolute Gasteiger partial charge is 0.0795 e. The van der Waals surface area contributed by atoms with Crippen molar-refractivity contribution in [1.82, 2.24) is 9.97 Å². The molecule has 0 aromatic carbocycles. The molecule has 0 unspecified atom stereocenters. The third-order valence-corrected chi connectivity index (χ3v) is 3.38. The topological polar surface area (TPSA) is 55.0 Å². The van der Waals surface area contributed by atoms with Gasteiger partial charge in [0.05, 0.1) is 39.8 Å². The molecule has 0 saturated heterocycles. The van der Waals surface area contributed by atoms with Crippen molar-refractivity contribution in [3.8, 4) is 0 Å². The number of nitrogens with two attached hydrogens (primary N) is 1. The van der Waals surface area contributed by atoms with Crippen molar-refractivity contribution in [2.24, 2.45) is 0 Å². The third-order valence-electron chi connectivity index (χ3n) is 2.17. The largest absolute Gasteiger partial charge is 0.396 e. The molecule has 2 aromatic rings. The third kappa shape index (κ3) is 2.33. The summed E-state index contributed by atoms with van der Waals surface area (Å²) < 4.78 is 0.894. The molecule has 0 saturated carbocycles. The van der Waals surface area contributed by atoms with Crippen molar-refractivity contribution in [3.63, 3.8) is 0 Å². The molecule has 0 amide bonds. The first kappa shape index (κ1) is 11.3. The summed E-state index contributed by atoms with van der Waals surface area (Å²) in [5, 5.41) is 2.03. The van der Waals surface area contributed by atoms with Crippen molar-refractivity contribution in [2.45, 2.75) is 6.54 Å². The minimum atomic E-state index is 0.659.